The molecule has 68 valence electrons. The van der Waals surface area contributed by atoms with Gasteiger partial charge >= 0.3 is 0 Å². The van der Waals surface area contributed by atoms with Crippen molar-refractivity contribution in [1.82, 2.24) is 0 Å². The maximum absolute atomic E-state index is 7.57. The topological polar surface area (TPSA) is 20.2 Å². The van der Waals surface area contributed by atoms with Gasteiger partial charge in [-0.3, -0.25) is 0 Å². The van der Waals surface area contributed by atoms with Crippen LogP contribution in [0.2, 0.25) is 10.0 Å². The molecule has 0 aliphatic rings. The fourth-order valence-electron chi connectivity index (χ4n) is 0.485. The van der Waals surface area contributed by atoms with E-state index in [0.717, 1.165) is 4.90 Å². The number of halogens is 2. The van der Waals surface area contributed by atoms with Crippen molar-refractivity contribution in [2.24, 2.45) is 0 Å². The van der Waals surface area contributed by atoms with Crippen molar-refractivity contribution < 1.29 is 5.11 Å². The highest BCUT2D eigenvalue weighted by Crippen LogP contribution is 2.23. The smallest absolute Gasteiger partial charge is 0.0603 e. The maximum atomic E-state index is 7.57. The number of aliphatic hydroxyl groups excluding tert-OH is 1. The zero-order chi connectivity index (χ0) is 9.56. The molecule has 0 amide bonds. The van der Waals surface area contributed by atoms with Crippen molar-refractivity contribution in [3.8, 4) is 0 Å². The van der Waals surface area contributed by atoms with Gasteiger partial charge in [-0.1, -0.05) is 23.2 Å². The normalized spacial score (nSPS) is 8.75. The van der Waals surface area contributed by atoms with Crippen molar-refractivity contribution >= 4 is 35.8 Å². The molecule has 0 aromatic heterocycles. The van der Waals surface area contributed by atoms with Gasteiger partial charge in [0, 0.05) is 11.5 Å². The Bertz CT molecular complexity index is 240. The Labute approximate surface area is 87.7 Å². The van der Waals surface area contributed by atoms with Crippen molar-refractivity contribution in [2.75, 3.05) is 6.61 Å². The van der Waals surface area contributed by atoms with Gasteiger partial charge in [-0.2, -0.15) is 0 Å². The van der Waals surface area contributed by atoms with Crippen LogP contribution < -0.4 is 0 Å². The molecule has 1 aromatic rings. The first-order chi connectivity index (χ1) is 5.61. The lowest BCUT2D eigenvalue weighted by molar-refractivity contribution is 0.318. The molecule has 1 rings (SSSR count). The molecule has 1 nitrogen and oxygen atoms in total. The average molecular weight is 225 g/mol. The third kappa shape index (κ3) is 4.88. The van der Waals surface area contributed by atoms with Crippen LogP contribution in [-0.4, -0.2) is 11.7 Å². The van der Waals surface area contributed by atoms with E-state index in [4.69, 9.17) is 28.3 Å². The summed E-state index contributed by atoms with van der Waals surface area (Å²) in [6.07, 6.45) is 0. The van der Waals surface area contributed by atoms with Crippen LogP contribution in [0.5, 0.6) is 0 Å². The van der Waals surface area contributed by atoms with Gasteiger partial charge in [-0.05, 0) is 25.1 Å². The van der Waals surface area contributed by atoms with Crippen LogP contribution in [0.4, 0.5) is 0 Å². The maximum Gasteiger partial charge on any atom is 0.0603 e. The highest BCUT2D eigenvalue weighted by atomic mass is 35.5. The van der Waals surface area contributed by atoms with Gasteiger partial charge in [0.05, 0.1) is 10.0 Å². The van der Waals surface area contributed by atoms with Gasteiger partial charge in [-0.15, -0.1) is 12.6 Å². The molecule has 4 heteroatoms. The fourth-order valence-corrected chi connectivity index (χ4v) is 1.06. The number of rotatable bonds is 0. The van der Waals surface area contributed by atoms with Crippen LogP contribution in [0.1, 0.15) is 6.92 Å². The third-order valence-corrected chi connectivity index (χ3v) is 1.92. The largest absolute Gasteiger partial charge is 0.397 e. The van der Waals surface area contributed by atoms with Crippen LogP contribution in [0.3, 0.4) is 0 Å². The summed E-state index contributed by atoms with van der Waals surface area (Å²) >= 11 is 15.3. The van der Waals surface area contributed by atoms with Gasteiger partial charge < -0.3 is 5.11 Å². The average Bonchev–Trinajstić information content (AvgIpc) is 1.99. The molecular formula is C8H10Cl2OS. The summed E-state index contributed by atoms with van der Waals surface area (Å²) in [5.74, 6) is 0. The van der Waals surface area contributed by atoms with E-state index in [1.165, 1.54) is 0 Å². The lowest BCUT2D eigenvalue weighted by Gasteiger charge is -1.93. The van der Waals surface area contributed by atoms with Crippen molar-refractivity contribution in [1.29, 1.82) is 0 Å². The Hall–Kier alpha value is 0.110. The van der Waals surface area contributed by atoms with E-state index in [-0.39, 0.29) is 6.61 Å². The summed E-state index contributed by atoms with van der Waals surface area (Å²) in [6.45, 7) is 1.93. The Morgan fingerprint density at radius 2 is 1.83 bits per heavy atom. The molecule has 0 heterocycles. The second kappa shape index (κ2) is 6.61. The number of hydrogen-bond acceptors (Lipinski definition) is 2. The molecule has 0 unspecified atom stereocenters. The SMILES string of the molecule is CCO.Sc1ccc(Cl)c(Cl)c1. The third-order valence-electron chi connectivity index (χ3n) is 0.903. The van der Waals surface area contributed by atoms with Gasteiger partial charge in [0.15, 0.2) is 0 Å². The standard InChI is InChI=1S/C6H4Cl2S.C2H6O/c7-5-2-1-4(9)3-6(5)8;1-2-3/h1-3,9H;3H,2H2,1H3. The van der Waals surface area contributed by atoms with Gasteiger partial charge in [-0.25, -0.2) is 0 Å². The summed E-state index contributed by atoms with van der Waals surface area (Å²) < 4.78 is 0. The zero-order valence-corrected chi connectivity index (χ0v) is 9.00. The van der Waals surface area contributed by atoms with Gasteiger partial charge in [0.1, 0.15) is 0 Å². The Balaban J connectivity index is 0.000000354. The molecule has 0 saturated heterocycles. The first-order valence-electron chi connectivity index (χ1n) is 3.36. The van der Waals surface area contributed by atoms with Crippen molar-refractivity contribution in [3.05, 3.63) is 28.2 Å². The minimum Gasteiger partial charge on any atom is -0.397 e. The van der Waals surface area contributed by atoms with Crippen LogP contribution in [0, 0.1) is 0 Å². The van der Waals surface area contributed by atoms with E-state index in [1.54, 1.807) is 25.1 Å². The van der Waals surface area contributed by atoms with Crippen molar-refractivity contribution in [3.63, 3.8) is 0 Å². The Kier molecular flexibility index (Phi) is 6.67. The molecule has 0 aliphatic heterocycles. The summed E-state index contributed by atoms with van der Waals surface area (Å²) in [5, 5.41) is 8.68. The second-order valence-corrected chi connectivity index (χ2v) is 3.25. The van der Waals surface area contributed by atoms with E-state index >= 15 is 0 Å². The molecule has 0 radical (unpaired) electrons. The predicted octanol–water partition coefficient (Wildman–Crippen LogP) is 3.28. The van der Waals surface area contributed by atoms with Gasteiger partial charge in [0.2, 0.25) is 0 Å². The molecule has 0 spiro atoms. The first-order valence-corrected chi connectivity index (χ1v) is 4.57. The van der Waals surface area contributed by atoms with Gasteiger partial charge in [0.25, 0.3) is 0 Å². The monoisotopic (exact) mass is 224 g/mol. The highest BCUT2D eigenvalue weighted by molar-refractivity contribution is 7.80. The van der Waals surface area contributed by atoms with Crippen molar-refractivity contribution in [2.45, 2.75) is 11.8 Å². The molecule has 1 aromatic carbocycles. The number of hydrogen-bond donors (Lipinski definition) is 2. The Morgan fingerprint density at radius 3 is 2.17 bits per heavy atom. The summed E-state index contributed by atoms with van der Waals surface area (Å²) in [6, 6.07) is 5.20. The molecule has 0 bridgehead atoms. The number of aliphatic hydroxyl groups is 1. The molecular weight excluding hydrogens is 215 g/mol. The summed E-state index contributed by atoms with van der Waals surface area (Å²) in [7, 11) is 0. The molecule has 0 fully saturated rings. The van der Waals surface area contributed by atoms with Crippen LogP contribution in [0.25, 0.3) is 0 Å². The fraction of sp³-hybridized carbons (Fsp3) is 0.250. The van der Waals surface area contributed by atoms with Crippen LogP contribution in [0.15, 0.2) is 23.1 Å². The minimum atomic E-state index is 0.250. The van der Waals surface area contributed by atoms with E-state index in [9.17, 15) is 0 Å². The molecule has 0 saturated carbocycles. The van der Waals surface area contributed by atoms with E-state index in [2.05, 4.69) is 12.6 Å². The summed E-state index contributed by atoms with van der Waals surface area (Å²) in [5.41, 5.74) is 0. The molecule has 0 aliphatic carbocycles. The highest BCUT2D eigenvalue weighted by Gasteiger charge is 1.94. The lowest BCUT2D eigenvalue weighted by atomic mass is 10.4. The lowest BCUT2D eigenvalue weighted by Crippen LogP contribution is -1.67. The quantitative estimate of drug-likeness (QED) is 0.649. The first kappa shape index (κ1) is 12.1. The minimum absolute atomic E-state index is 0.250. The predicted molar refractivity (Wildman–Crippen MR) is 56.5 cm³/mol. The van der Waals surface area contributed by atoms with Crippen LogP contribution >= 0.6 is 35.8 Å². The van der Waals surface area contributed by atoms with E-state index in [0.29, 0.717) is 10.0 Å². The van der Waals surface area contributed by atoms with E-state index < -0.39 is 0 Å². The van der Waals surface area contributed by atoms with Crippen LogP contribution in [-0.2, 0) is 0 Å². The van der Waals surface area contributed by atoms with E-state index in [1.807, 2.05) is 0 Å². The second-order valence-electron chi connectivity index (χ2n) is 1.91. The molecule has 12 heavy (non-hydrogen) atoms. The zero-order valence-electron chi connectivity index (χ0n) is 6.59. The Morgan fingerprint density at radius 1 is 1.33 bits per heavy atom. The molecule has 1 N–H and O–H groups in total. The molecule has 0 atom stereocenters. The number of benzene rings is 1. The summed E-state index contributed by atoms with van der Waals surface area (Å²) in [4.78, 5) is 0.824. The number of thiol groups is 1.